The Kier molecular flexibility index (Phi) is 14.4. The average molecular weight is 677 g/mol. The summed E-state index contributed by atoms with van der Waals surface area (Å²) in [5.41, 5.74) is 3.48. The minimum absolute atomic E-state index is 0.0113. The van der Waals surface area contributed by atoms with Crippen molar-refractivity contribution < 1.29 is 19.4 Å². The Bertz CT molecular complexity index is 952. The summed E-state index contributed by atoms with van der Waals surface area (Å²) in [5, 5.41) is 18.0. The summed E-state index contributed by atoms with van der Waals surface area (Å²) in [5.74, 6) is 0.852. The molecular weight excluding hydrogens is 644 g/mol. The van der Waals surface area contributed by atoms with E-state index in [9.17, 15) is 9.59 Å². The van der Waals surface area contributed by atoms with Crippen LogP contribution in [0.3, 0.4) is 0 Å². The molecule has 6 nitrogen and oxygen atoms in total. The lowest BCUT2D eigenvalue weighted by Gasteiger charge is -2.17. The zero-order chi connectivity index (χ0) is 25.5. The molecule has 2 aromatic rings. The normalized spacial score (nSPS) is 13.6. The average Bonchev–Trinajstić information content (AvgIpc) is 2.87. The fourth-order valence-corrected chi connectivity index (χ4v) is 4.65. The first-order valence-electron chi connectivity index (χ1n) is 11.8. The van der Waals surface area contributed by atoms with Crippen molar-refractivity contribution in [2.45, 2.75) is 38.5 Å². The van der Waals surface area contributed by atoms with Crippen molar-refractivity contribution in [1.82, 2.24) is 10.6 Å². The van der Waals surface area contributed by atoms with E-state index in [4.69, 9.17) is 9.84 Å². The zero-order valence-electron chi connectivity index (χ0n) is 19.8. The van der Waals surface area contributed by atoms with Crippen molar-refractivity contribution in [3.8, 4) is 11.5 Å². The zero-order valence-corrected chi connectivity index (χ0v) is 24.5. The Morgan fingerprint density at radius 2 is 1.26 bits per heavy atom. The molecule has 2 aromatic carbocycles. The van der Waals surface area contributed by atoms with Gasteiger partial charge in [-0.15, -0.1) is 0 Å². The van der Waals surface area contributed by atoms with Crippen LogP contribution >= 0.6 is 47.8 Å². The SMILES string of the molecule is BrCCCCBr.O=C1NCCc2ccc(O)cc21.O=C1NCCc2ccc(OCCCCBr)cc21. The summed E-state index contributed by atoms with van der Waals surface area (Å²) in [6, 6.07) is 10.7. The number of hydrogen-bond donors (Lipinski definition) is 3. The Morgan fingerprint density at radius 3 is 1.83 bits per heavy atom. The number of amides is 2. The van der Waals surface area contributed by atoms with E-state index in [1.165, 1.54) is 18.9 Å². The standard InChI is InChI=1S/C13H16BrNO2.C9H9NO2.C4H8Br2/c14-6-1-2-8-17-11-4-3-10-5-7-15-13(16)12(10)9-11;11-7-2-1-6-3-4-10-9(12)8(6)5-7;5-3-1-2-4-6/h3-4,9H,1-2,5-8H2,(H,15,16);1-2,5,11H,3-4H2,(H,10,12);1-4H2. The van der Waals surface area contributed by atoms with Gasteiger partial charge in [0.05, 0.1) is 6.61 Å². The number of unbranched alkanes of at least 4 members (excludes halogenated alkanes) is 2. The first kappa shape index (κ1) is 29.6. The monoisotopic (exact) mass is 674 g/mol. The molecule has 0 aliphatic carbocycles. The van der Waals surface area contributed by atoms with Gasteiger partial charge in [-0.3, -0.25) is 9.59 Å². The first-order valence-corrected chi connectivity index (χ1v) is 15.2. The molecule has 0 bridgehead atoms. The number of halogens is 3. The largest absolute Gasteiger partial charge is 0.508 e. The Hall–Kier alpha value is -1.58. The number of phenolic OH excluding ortho intramolecular Hbond substituents is 1. The molecule has 4 rings (SSSR count). The van der Waals surface area contributed by atoms with Crippen molar-refractivity contribution in [2.75, 3.05) is 35.7 Å². The molecule has 192 valence electrons. The predicted octanol–water partition coefficient (Wildman–Crippen LogP) is 5.76. The molecule has 0 fully saturated rings. The van der Waals surface area contributed by atoms with E-state index in [1.807, 2.05) is 18.2 Å². The van der Waals surface area contributed by atoms with Crippen molar-refractivity contribution in [2.24, 2.45) is 0 Å². The summed E-state index contributed by atoms with van der Waals surface area (Å²) < 4.78 is 5.62. The van der Waals surface area contributed by atoms with Gasteiger partial charge in [0, 0.05) is 40.2 Å². The number of carbonyl (C=O) groups excluding carboxylic acids is 2. The number of phenols is 1. The van der Waals surface area contributed by atoms with Crippen LogP contribution in [0.5, 0.6) is 11.5 Å². The fourth-order valence-electron chi connectivity index (χ4n) is 3.46. The fraction of sp³-hybridized carbons (Fsp3) is 0.462. The van der Waals surface area contributed by atoms with Crippen LogP contribution in [0.15, 0.2) is 36.4 Å². The number of alkyl halides is 3. The summed E-state index contributed by atoms with van der Waals surface area (Å²) in [4.78, 5) is 22.9. The van der Waals surface area contributed by atoms with Crippen molar-refractivity contribution >= 4 is 59.6 Å². The number of nitrogens with one attached hydrogen (secondary N) is 2. The number of ether oxygens (including phenoxy) is 1. The molecule has 2 amide bonds. The van der Waals surface area contributed by atoms with Crippen LogP contribution in [0.1, 0.15) is 57.5 Å². The van der Waals surface area contributed by atoms with E-state index in [-0.39, 0.29) is 17.6 Å². The summed E-state index contributed by atoms with van der Waals surface area (Å²) in [7, 11) is 0. The highest BCUT2D eigenvalue weighted by Crippen LogP contribution is 2.21. The van der Waals surface area contributed by atoms with E-state index in [2.05, 4.69) is 58.4 Å². The Morgan fingerprint density at radius 1 is 0.743 bits per heavy atom. The topological polar surface area (TPSA) is 87.7 Å². The molecule has 0 saturated heterocycles. The van der Waals surface area contributed by atoms with Gasteiger partial charge in [0.15, 0.2) is 0 Å². The number of benzene rings is 2. The minimum atomic E-state index is -0.0906. The maximum atomic E-state index is 11.6. The maximum Gasteiger partial charge on any atom is 0.251 e. The third kappa shape index (κ3) is 10.5. The molecule has 0 saturated carbocycles. The van der Waals surface area contributed by atoms with E-state index in [1.54, 1.807) is 12.1 Å². The van der Waals surface area contributed by atoms with Gasteiger partial charge in [-0.1, -0.05) is 59.9 Å². The molecule has 9 heteroatoms. The van der Waals surface area contributed by atoms with Gasteiger partial charge >= 0.3 is 0 Å². The highest BCUT2D eigenvalue weighted by molar-refractivity contribution is 9.09. The first-order chi connectivity index (χ1) is 17.0. The van der Waals surface area contributed by atoms with Crippen LogP contribution in [0, 0.1) is 0 Å². The Balaban J connectivity index is 0.000000209. The van der Waals surface area contributed by atoms with Gasteiger partial charge in [-0.2, -0.15) is 0 Å². The van der Waals surface area contributed by atoms with E-state index < -0.39 is 0 Å². The number of rotatable bonds is 8. The molecule has 0 radical (unpaired) electrons. The number of aromatic hydroxyl groups is 1. The molecular formula is C26H33Br3N2O4. The molecule has 2 aliphatic rings. The number of hydrogen-bond acceptors (Lipinski definition) is 4. The molecule has 0 atom stereocenters. The molecule has 2 aliphatic heterocycles. The van der Waals surface area contributed by atoms with E-state index in [0.717, 1.165) is 70.7 Å². The highest BCUT2D eigenvalue weighted by Gasteiger charge is 2.17. The third-order valence-electron chi connectivity index (χ3n) is 5.34. The van der Waals surface area contributed by atoms with Gasteiger partial charge in [-0.05, 0) is 73.9 Å². The predicted molar refractivity (Wildman–Crippen MR) is 152 cm³/mol. The highest BCUT2D eigenvalue weighted by atomic mass is 79.9. The lowest BCUT2D eigenvalue weighted by Crippen LogP contribution is -2.31. The van der Waals surface area contributed by atoms with Crippen LogP contribution in [-0.2, 0) is 12.8 Å². The molecule has 0 unspecified atom stereocenters. The van der Waals surface area contributed by atoms with Crippen LogP contribution in [0.2, 0.25) is 0 Å². The van der Waals surface area contributed by atoms with Crippen molar-refractivity contribution in [3.05, 3.63) is 58.7 Å². The second-order valence-corrected chi connectivity index (χ2v) is 10.4. The van der Waals surface area contributed by atoms with E-state index >= 15 is 0 Å². The van der Waals surface area contributed by atoms with E-state index in [0.29, 0.717) is 18.7 Å². The van der Waals surface area contributed by atoms with Gasteiger partial charge in [0.2, 0.25) is 0 Å². The maximum absolute atomic E-state index is 11.6. The van der Waals surface area contributed by atoms with Crippen LogP contribution in [0.25, 0.3) is 0 Å². The summed E-state index contributed by atoms with van der Waals surface area (Å²) >= 11 is 10.0. The molecule has 3 N–H and O–H groups in total. The molecule has 2 heterocycles. The van der Waals surface area contributed by atoms with Gasteiger partial charge in [0.25, 0.3) is 11.8 Å². The quantitative estimate of drug-likeness (QED) is 0.245. The Labute approximate surface area is 233 Å². The third-order valence-corrected chi connectivity index (χ3v) is 7.02. The summed E-state index contributed by atoms with van der Waals surface area (Å²) in [6.45, 7) is 2.12. The second-order valence-electron chi connectivity index (χ2n) is 8.00. The van der Waals surface area contributed by atoms with Gasteiger partial charge in [-0.25, -0.2) is 0 Å². The minimum Gasteiger partial charge on any atom is -0.508 e. The molecule has 0 aromatic heterocycles. The lowest BCUT2D eigenvalue weighted by molar-refractivity contribution is 0.0937. The van der Waals surface area contributed by atoms with Gasteiger partial charge < -0.3 is 20.5 Å². The lowest BCUT2D eigenvalue weighted by atomic mass is 10.0. The summed E-state index contributed by atoms with van der Waals surface area (Å²) in [6.07, 6.45) is 6.45. The van der Waals surface area contributed by atoms with Crippen LogP contribution < -0.4 is 15.4 Å². The number of carbonyl (C=O) groups is 2. The van der Waals surface area contributed by atoms with Gasteiger partial charge in [0.1, 0.15) is 11.5 Å². The van der Waals surface area contributed by atoms with Crippen molar-refractivity contribution in [3.63, 3.8) is 0 Å². The van der Waals surface area contributed by atoms with Crippen LogP contribution in [0.4, 0.5) is 0 Å². The number of fused-ring (bicyclic) bond motifs is 2. The smallest absolute Gasteiger partial charge is 0.251 e. The second kappa shape index (κ2) is 17.0. The van der Waals surface area contributed by atoms with Crippen LogP contribution in [-0.4, -0.2) is 52.6 Å². The molecule has 35 heavy (non-hydrogen) atoms. The van der Waals surface area contributed by atoms with Crippen molar-refractivity contribution in [1.29, 1.82) is 0 Å². The molecule has 0 spiro atoms.